The van der Waals surface area contributed by atoms with Gasteiger partial charge >= 0.3 is 0 Å². The average molecular weight is 411 g/mol. The second-order valence-electron chi connectivity index (χ2n) is 8.48. The van der Waals surface area contributed by atoms with Crippen LogP contribution < -0.4 is 0 Å². The first kappa shape index (κ1) is 19.8. The highest BCUT2D eigenvalue weighted by molar-refractivity contribution is 7.21. The number of fused-ring (bicyclic) bond motifs is 1. The molecule has 0 radical (unpaired) electrons. The van der Waals surface area contributed by atoms with Crippen LogP contribution in [-0.2, 0) is 4.43 Å². The van der Waals surface area contributed by atoms with Gasteiger partial charge in [0.2, 0.25) is 0 Å². The Bertz CT molecular complexity index is 815. The molecule has 1 amide bonds. The van der Waals surface area contributed by atoms with E-state index in [-0.39, 0.29) is 17.0 Å². The SMILES string of the molecule is CC(C)(C)[Si](C)(C)OCC1CCCN1C(=O)c1cc2nccc(Cl)c2s1. The van der Waals surface area contributed by atoms with Crippen molar-refractivity contribution in [3.8, 4) is 0 Å². The summed E-state index contributed by atoms with van der Waals surface area (Å²) in [5.41, 5.74) is 0.791. The molecule has 0 saturated carbocycles. The van der Waals surface area contributed by atoms with Gasteiger partial charge in [-0.05, 0) is 43.1 Å². The van der Waals surface area contributed by atoms with Gasteiger partial charge < -0.3 is 9.33 Å². The van der Waals surface area contributed by atoms with Crippen LogP contribution >= 0.6 is 22.9 Å². The predicted octanol–water partition coefficient (Wildman–Crippen LogP) is 5.58. The van der Waals surface area contributed by atoms with Crippen LogP contribution in [0.15, 0.2) is 18.3 Å². The number of carbonyl (C=O) groups is 1. The van der Waals surface area contributed by atoms with Crippen molar-refractivity contribution >= 4 is 47.4 Å². The highest BCUT2D eigenvalue weighted by Gasteiger charge is 2.39. The van der Waals surface area contributed by atoms with Crippen molar-refractivity contribution in [2.45, 2.75) is 57.8 Å². The summed E-state index contributed by atoms with van der Waals surface area (Å²) in [7, 11) is -1.81. The summed E-state index contributed by atoms with van der Waals surface area (Å²) in [6.07, 6.45) is 3.71. The van der Waals surface area contributed by atoms with Crippen molar-refractivity contribution in [2.75, 3.05) is 13.2 Å². The van der Waals surface area contributed by atoms with Gasteiger partial charge in [-0.15, -0.1) is 11.3 Å². The molecule has 3 heterocycles. The lowest BCUT2D eigenvalue weighted by Crippen LogP contribution is -2.45. The van der Waals surface area contributed by atoms with Crippen LogP contribution in [0, 0.1) is 0 Å². The summed E-state index contributed by atoms with van der Waals surface area (Å²) in [4.78, 5) is 20.1. The lowest BCUT2D eigenvalue weighted by molar-refractivity contribution is 0.0689. The van der Waals surface area contributed by atoms with Gasteiger partial charge in [0.05, 0.1) is 32.8 Å². The number of halogens is 1. The first-order valence-electron chi connectivity index (χ1n) is 9.09. The van der Waals surface area contributed by atoms with Gasteiger partial charge in [0.1, 0.15) is 0 Å². The standard InChI is InChI=1S/C19H27ClN2O2SSi/c1-19(2,3)26(4,5)24-12-13-7-6-10-22(13)18(23)16-11-15-17(25-16)14(20)8-9-21-15/h8-9,11,13H,6-7,10,12H2,1-5H3. The normalized spacial score (nSPS) is 18.7. The molecule has 0 aliphatic carbocycles. The Balaban J connectivity index is 1.74. The van der Waals surface area contributed by atoms with E-state index in [1.54, 1.807) is 12.3 Å². The Morgan fingerprint density at radius 3 is 2.85 bits per heavy atom. The van der Waals surface area contributed by atoms with E-state index in [1.807, 2.05) is 11.0 Å². The maximum absolute atomic E-state index is 13.1. The fourth-order valence-corrected chi connectivity index (χ4v) is 5.24. The van der Waals surface area contributed by atoms with E-state index in [4.69, 9.17) is 16.0 Å². The summed E-state index contributed by atoms with van der Waals surface area (Å²) < 4.78 is 7.27. The van der Waals surface area contributed by atoms with Crippen molar-refractivity contribution in [1.82, 2.24) is 9.88 Å². The van der Waals surface area contributed by atoms with E-state index < -0.39 is 8.32 Å². The highest BCUT2D eigenvalue weighted by atomic mass is 35.5. The van der Waals surface area contributed by atoms with Crippen LogP contribution in [0.4, 0.5) is 0 Å². The lowest BCUT2D eigenvalue weighted by atomic mass is 10.2. The van der Waals surface area contributed by atoms with Crippen LogP contribution in [0.25, 0.3) is 10.2 Å². The summed E-state index contributed by atoms with van der Waals surface area (Å²) >= 11 is 7.67. The molecule has 4 nitrogen and oxygen atoms in total. The largest absolute Gasteiger partial charge is 0.415 e. The van der Waals surface area contributed by atoms with Crippen molar-refractivity contribution < 1.29 is 9.22 Å². The summed E-state index contributed by atoms with van der Waals surface area (Å²) in [6, 6.07) is 3.78. The number of likely N-dealkylation sites (tertiary alicyclic amines) is 1. The van der Waals surface area contributed by atoms with Gasteiger partial charge in [-0.1, -0.05) is 32.4 Å². The number of rotatable bonds is 4. The molecule has 1 aliphatic heterocycles. The maximum atomic E-state index is 13.1. The minimum atomic E-state index is -1.81. The van der Waals surface area contributed by atoms with Gasteiger partial charge in [0.25, 0.3) is 5.91 Å². The van der Waals surface area contributed by atoms with Crippen molar-refractivity contribution in [3.05, 3.63) is 28.2 Å². The van der Waals surface area contributed by atoms with Crippen LogP contribution in [0.5, 0.6) is 0 Å². The van der Waals surface area contributed by atoms with Gasteiger partial charge in [-0.2, -0.15) is 0 Å². The number of carbonyl (C=O) groups excluding carboxylic acids is 1. The third-order valence-corrected chi connectivity index (χ3v) is 11.7. The fraction of sp³-hybridized carbons (Fsp3) is 0.579. The minimum Gasteiger partial charge on any atom is -0.415 e. The zero-order chi connectivity index (χ0) is 19.1. The number of pyridine rings is 1. The molecule has 0 N–H and O–H groups in total. The first-order chi connectivity index (χ1) is 12.1. The first-order valence-corrected chi connectivity index (χ1v) is 13.2. The third kappa shape index (κ3) is 3.83. The number of nitrogens with zero attached hydrogens (tertiary/aromatic N) is 2. The number of aromatic nitrogens is 1. The Morgan fingerprint density at radius 1 is 1.46 bits per heavy atom. The molecule has 2 aromatic heterocycles. The number of amides is 1. The molecule has 2 aromatic rings. The smallest absolute Gasteiger partial charge is 0.264 e. The van der Waals surface area contributed by atoms with E-state index in [9.17, 15) is 4.79 Å². The van der Waals surface area contributed by atoms with Gasteiger partial charge in [0.15, 0.2) is 8.32 Å². The average Bonchev–Trinajstić information content (AvgIpc) is 3.18. The zero-order valence-corrected chi connectivity index (χ0v) is 18.7. The fourth-order valence-electron chi connectivity index (χ4n) is 2.95. The maximum Gasteiger partial charge on any atom is 0.264 e. The third-order valence-electron chi connectivity index (χ3n) is 5.66. The minimum absolute atomic E-state index is 0.0744. The molecule has 0 bridgehead atoms. The van der Waals surface area contributed by atoms with Crippen molar-refractivity contribution in [1.29, 1.82) is 0 Å². The molecular formula is C19H27ClN2O2SSi. The Labute approximate surface area is 165 Å². The molecule has 1 atom stereocenters. The lowest BCUT2D eigenvalue weighted by Gasteiger charge is -2.38. The second kappa shape index (κ2) is 7.22. The topological polar surface area (TPSA) is 42.4 Å². The Hall–Kier alpha value is -0.953. The summed E-state index contributed by atoms with van der Waals surface area (Å²) in [6.45, 7) is 12.7. The molecule has 7 heteroatoms. The molecule has 3 rings (SSSR count). The van der Waals surface area contributed by atoms with Crippen LogP contribution in [-0.4, -0.2) is 43.3 Å². The van der Waals surface area contributed by atoms with E-state index in [2.05, 4.69) is 38.8 Å². The monoisotopic (exact) mass is 410 g/mol. The quantitative estimate of drug-likeness (QED) is 0.618. The Kier molecular flexibility index (Phi) is 5.50. The van der Waals surface area contributed by atoms with Crippen LogP contribution in [0.3, 0.4) is 0 Å². The van der Waals surface area contributed by atoms with E-state index in [0.29, 0.717) is 16.5 Å². The molecule has 0 aromatic carbocycles. The number of thiophene rings is 1. The van der Waals surface area contributed by atoms with Gasteiger partial charge in [-0.3, -0.25) is 9.78 Å². The van der Waals surface area contributed by atoms with E-state index >= 15 is 0 Å². The zero-order valence-electron chi connectivity index (χ0n) is 16.1. The molecule has 1 fully saturated rings. The number of hydrogen-bond donors (Lipinski definition) is 0. The highest BCUT2D eigenvalue weighted by Crippen LogP contribution is 2.37. The second-order valence-corrected chi connectivity index (χ2v) is 14.8. The molecule has 26 heavy (non-hydrogen) atoms. The number of hydrogen-bond acceptors (Lipinski definition) is 4. The molecule has 0 spiro atoms. The molecule has 142 valence electrons. The Morgan fingerprint density at radius 2 is 2.19 bits per heavy atom. The molecule has 1 saturated heterocycles. The van der Waals surface area contributed by atoms with Crippen molar-refractivity contribution in [3.63, 3.8) is 0 Å². The molecular weight excluding hydrogens is 384 g/mol. The van der Waals surface area contributed by atoms with Crippen LogP contribution in [0.1, 0.15) is 43.3 Å². The summed E-state index contributed by atoms with van der Waals surface area (Å²) in [5, 5.41) is 0.826. The molecule has 1 unspecified atom stereocenters. The summed E-state index contributed by atoms with van der Waals surface area (Å²) in [5.74, 6) is 0.0744. The van der Waals surface area contributed by atoms with Crippen molar-refractivity contribution in [2.24, 2.45) is 0 Å². The van der Waals surface area contributed by atoms with Crippen LogP contribution in [0.2, 0.25) is 23.2 Å². The molecule has 1 aliphatic rings. The van der Waals surface area contributed by atoms with Gasteiger partial charge in [0, 0.05) is 12.7 Å². The van der Waals surface area contributed by atoms with E-state index in [0.717, 1.165) is 29.6 Å². The predicted molar refractivity (Wildman–Crippen MR) is 112 cm³/mol. The van der Waals surface area contributed by atoms with Gasteiger partial charge in [-0.25, -0.2) is 0 Å². The van der Waals surface area contributed by atoms with E-state index in [1.165, 1.54) is 11.3 Å².